The first-order valence-corrected chi connectivity index (χ1v) is 13.5. The van der Waals surface area contributed by atoms with Gasteiger partial charge >= 0.3 is 5.97 Å². The molecular formula is C25H28ClN5O5S. The molecule has 0 radical (unpaired) electrons. The first kappa shape index (κ1) is 26.8. The number of aromatic nitrogens is 3. The Morgan fingerprint density at radius 1 is 1.00 bits per heavy atom. The predicted octanol–water partition coefficient (Wildman–Crippen LogP) is 2.84. The van der Waals surface area contributed by atoms with Crippen molar-refractivity contribution in [3.63, 3.8) is 0 Å². The van der Waals surface area contributed by atoms with E-state index in [0.717, 1.165) is 17.0 Å². The maximum Gasteiger partial charge on any atom is 0.359 e. The van der Waals surface area contributed by atoms with Crippen LogP contribution >= 0.6 is 11.6 Å². The number of carbonyl (C=O) groups excluding carboxylic acids is 2. The van der Waals surface area contributed by atoms with Crippen LogP contribution in [0.1, 0.15) is 33.0 Å². The van der Waals surface area contributed by atoms with Gasteiger partial charge in [-0.2, -0.15) is 9.40 Å². The van der Waals surface area contributed by atoms with Crippen LogP contribution < -0.4 is 0 Å². The number of pyridine rings is 1. The number of carbonyl (C=O) groups is 2. The lowest BCUT2D eigenvalue weighted by molar-refractivity contribution is -0.135. The second-order valence-corrected chi connectivity index (χ2v) is 11.3. The van der Waals surface area contributed by atoms with Crippen molar-refractivity contribution in [2.75, 3.05) is 32.8 Å². The molecule has 0 atom stereocenters. The number of hydrogen-bond donors (Lipinski definition) is 0. The van der Waals surface area contributed by atoms with Crippen LogP contribution in [0.25, 0.3) is 5.82 Å². The number of benzene rings is 1. The van der Waals surface area contributed by atoms with E-state index in [2.05, 4.69) is 10.1 Å². The minimum atomic E-state index is -3.67. The van der Waals surface area contributed by atoms with Crippen LogP contribution in [0.5, 0.6) is 0 Å². The maximum atomic E-state index is 13.1. The SMILES string of the molecule is Cc1ccc(S(=O)(=O)N2CCN(C(=O)COC(=O)c3nc(-n4nc(C)cc4C)ccc3Cl)CC2)c(C)c1. The Balaban J connectivity index is 1.36. The van der Waals surface area contributed by atoms with Gasteiger partial charge in [-0.1, -0.05) is 29.3 Å². The van der Waals surface area contributed by atoms with Gasteiger partial charge in [-0.3, -0.25) is 4.79 Å². The molecule has 0 spiro atoms. The standard InChI is InChI=1S/C25H28ClN5O5S/c1-16-5-7-21(17(2)13-16)37(34,35)30-11-9-29(10-12-30)23(32)15-36-25(33)24-20(26)6-8-22(27-24)31-19(4)14-18(3)28-31/h5-8,13-14H,9-12,15H2,1-4H3. The number of esters is 1. The summed E-state index contributed by atoms with van der Waals surface area (Å²) in [6, 6.07) is 10.2. The Labute approximate surface area is 220 Å². The number of aryl methyl sites for hydroxylation is 4. The summed E-state index contributed by atoms with van der Waals surface area (Å²) in [5.74, 6) is -0.866. The minimum absolute atomic E-state index is 0.0907. The summed E-state index contributed by atoms with van der Waals surface area (Å²) >= 11 is 6.17. The molecule has 196 valence electrons. The topological polar surface area (TPSA) is 115 Å². The van der Waals surface area contributed by atoms with Crippen molar-refractivity contribution < 1.29 is 22.7 Å². The summed E-state index contributed by atoms with van der Waals surface area (Å²) in [5, 5.41) is 4.44. The van der Waals surface area contributed by atoms with Gasteiger partial charge in [0, 0.05) is 31.9 Å². The first-order valence-electron chi connectivity index (χ1n) is 11.7. The second-order valence-electron chi connectivity index (χ2n) is 8.97. The number of halogens is 1. The number of nitrogens with zero attached hydrogens (tertiary/aromatic N) is 5. The summed E-state index contributed by atoms with van der Waals surface area (Å²) in [4.78, 5) is 31.4. The molecule has 37 heavy (non-hydrogen) atoms. The van der Waals surface area contributed by atoms with E-state index in [0.29, 0.717) is 11.4 Å². The van der Waals surface area contributed by atoms with Crippen LogP contribution in [0, 0.1) is 27.7 Å². The number of hydrogen-bond acceptors (Lipinski definition) is 7. The van der Waals surface area contributed by atoms with Crippen LogP contribution in [0.15, 0.2) is 41.3 Å². The predicted molar refractivity (Wildman–Crippen MR) is 137 cm³/mol. The molecule has 0 aliphatic carbocycles. The highest BCUT2D eigenvalue weighted by Gasteiger charge is 2.31. The van der Waals surface area contributed by atoms with Gasteiger partial charge in [-0.25, -0.2) is 22.9 Å². The summed E-state index contributed by atoms with van der Waals surface area (Å²) in [6.45, 7) is 7.54. The Kier molecular flexibility index (Phi) is 7.67. The van der Waals surface area contributed by atoms with Crippen LogP contribution in [-0.2, 0) is 19.6 Å². The highest BCUT2D eigenvalue weighted by atomic mass is 35.5. The van der Waals surface area contributed by atoms with Crippen molar-refractivity contribution in [2.45, 2.75) is 32.6 Å². The van der Waals surface area contributed by atoms with Crippen LogP contribution in [0.2, 0.25) is 5.02 Å². The Morgan fingerprint density at radius 2 is 1.70 bits per heavy atom. The van der Waals surface area contributed by atoms with Gasteiger partial charge in [-0.15, -0.1) is 0 Å². The quantitative estimate of drug-likeness (QED) is 0.437. The van der Waals surface area contributed by atoms with E-state index in [1.54, 1.807) is 29.8 Å². The third kappa shape index (κ3) is 5.68. The van der Waals surface area contributed by atoms with E-state index in [4.69, 9.17) is 16.3 Å². The summed E-state index contributed by atoms with van der Waals surface area (Å²) in [5.41, 5.74) is 3.17. The van der Waals surface area contributed by atoms with Crippen molar-refractivity contribution in [1.82, 2.24) is 24.0 Å². The molecular weight excluding hydrogens is 518 g/mol. The summed E-state index contributed by atoms with van der Waals surface area (Å²) in [7, 11) is -3.67. The average molecular weight is 546 g/mol. The van der Waals surface area contributed by atoms with E-state index < -0.39 is 28.5 Å². The smallest absolute Gasteiger partial charge is 0.359 e. The van der Waals surface area contributed by atoms with Crippen LogP contribution in [0.3, 0.4) is 0 Å². The molecule has 0 bridgehead atoms. The number of ether oxygens (including phenoxy) is 1. The van der Waals surface area contributed by atoms with Gasteiger partial charge in [0.1, 0.15) is 0 Å². The number of sulfonamides is 1. The second kappa shape index (κ2) is 10.6. The molecule has 1 aliphatic heterocycles. The lowest BCUT2D eigenvalue weighted by atomic mass is 10.2. The molecule has 2 aromatic heterocycles. The average Bonchev–Trinajstić information content (AvgIpc) is 3.20. The fourth-order valence-electron chi connectivity index (χ4n) is 4.25. The molecule has 1 aromatic carbocycles. The molecule has 4 rings (SSSR count). The highest BCUT2D eigenvalue weighted by molar-refractivity contribution is 7.89. The summed E-state index contributed by atoms with van der Waals surface area (Å²) < 4.78 is 34.3. The monoisotopic (exact) mass is 545 g/mol. The molecule has 1 amide bonds. The largest absolute Gasteiger partial charge is 0.451 e. The zero-order chi connectivity index (χ0) is 26.9. The Morgan fingerprint density at radius 3 is 2.32 bits per heavy atom. The van der Waals surface area contributed by atoms with Gasteiger partial charge in [0.2, 0.25) is 10.0 Å². The molecule has 0 N–H and O–H groups in total. The minimum Gasteiger partial charge on any atom is -0.451 e. The fraction of sp³-hybridized carbons (Fsp3) is 0.360. The maximum absolute atomic E-state index is 13.1. The molecule has 0 saturated carbocycles. The van der Waals surface area contributed by atoms with Crippen molar-refractivity contribution in [3.8, 4) is 5.82 Å². The molecule has 3 heterocycles. The van der Waals surface area contributed by atoms with Crippen molar-refractivity contribution in [1.29, 1.82) is 0 Å². The van der Waals surface area contributed by atoms with Gasteiger partial charge in [0.25, 0.3) is 5.91 Å². The van der Waals surface area contributed by atoms with Crippen molar-refractivity contribution >= 4 is 33.5 Å². The number of amides is 1. The Bertz CT molecular complexity index is 1460. The number of rotatable bonds is 6. The van der Waals surface area contributed by atoms with Crippen molar-refractivity contribution in [2.24, 2.45) is 0 Å². The van der Waals surface area contributed by atoms with Crippen molar-refractivity contribution in [3.05, 3.63) is 69.6 Å². The lowest BCUT2D eigenvalue weighted by Gasteiger charge is -2.34. The van der Waals surface area contributed by atoms with Gasteiger partial charge in [0.05, 0.1) is 15.6 Å². The van der Waals surface area contributed by atoms with E-state index in [1.165, 1.54) is 15.3 Å². The molecule has 1 fully saturated rings. The third-order valence-electron chi connectivity index (χ3n) is 6.12. The zero-order valence-electron chi connectivity index (χ0n) is 21.1. The molecule has 3 aromatic rings. The highest BCUT2D eigenvalue weighted by Crippen LogP contribution is 2.23. The molecule has 1 aliphatic rings. The fourth-order valence-corrected chi connectivity index (χ4v) is 6.06. The Hall–Kier alpha value is -3.28. The zero-order valence-corrected chi connectivity index (χ0v) is 22.6. The molecule has 12 heteroatoms. The molecule has 1 saturated heterocycles. The third-order valence-corrected chi connectivity index (χ3v) is 8.48. The normalized spacial score (nSPS) is 14.6. The van der Waals surface area contributed by atoms with Gasteiger partial charge < -0.3 is 9.64 Å². The first-order chi connectivity index (χ1) is 17.5. The van der Waals surface area contributed by atoms with Gasteiger partial charge in [0.15, 0.2) is 18.1 Å². The van der Waals surface area contributed by atoms with E-state index in [1.807, 2.05) is 32.9 Å². The van der Waals surface area contributed by atoms with E-state index in [9.17, 15) is 18.0 Å². The number of piperazine rings is 1. The van der Waals surface area contributed by atoms with E-state index >= 15 is 0 Å². The lowest BCUT2D eigenvalue weighted by Crippen LogP contribution is -2.51. The summed E-state index contributed by atoms with van der Waals surface area (Å²) in [6.07, 6.45) is 0. The molecule has 10 nitrogen and oxygen atoms in total. The van der Waals surface area contributed by atoms with Crippen LogP contribution in [-0.4, -0.2) is 77.0 Å². The van der Waals surface area contributed by atoms with E-state index in [-0.39, 0.29) is 41.8 Å². The molecule has 0 unspecified atom stereocenters. The van der Waals surface area contributed by atoms with Gasteiger partial charge in [-0.05, 0) is 57.5 Å². The van der Waals surface area contributed by atoms with Crippen LogP contribution in [0.4, 0.5) is 0 Å².